The Balaban J connectivity index is 1.15. The Labute approximate surface area is 208 Å². The zero-order valence-corrected chi connectivity index (χ0v) is 19.1. The predicted octanol–water partition coefficient (Wildman–Crippen LogP) is 5.64. The first-order valence-electron chi connectivity index (χ1n) is 11.1. The highest BCUT2D eigenvalue weighted by Crippen LogP contribution is 2.30. The fraction of sp³-hybridized carbons (Fsp3) is 0.200. The highest BCUT2D eigenvalue weighted by atomic mass is 19.4. The summed E-state index contributed by atoms with van der Waals surface area (Å²) >= 11 is 0. The minimum absolute atomic E-state index is 0.205. The molecule has 37 heavy (non-hydrogen) atoms. The van der Waals surface area contributed by atoms with Crippen LogP contribution in [0.25, 0.3) is 11.1 Å². The van der Waals surface area contributed by atoms with Gasteiger partial charge in [-0.1, -0.05) is 36.4 Å². The van der Waals surface area contributed by atoms with E-state index in [0.717, 1.165) is 29.0 Å². The van der Waals surface area contributed by atoms with Crippen LogP contribution in [0.2, 0.25) is 0 Å². The number of rotatable bonds is 7. The summed E-state index contributed by atoms with van der Waals surface area (Å²) in [6.45, 7) is 1.00. The molecule has 0 N–H and O–H groups in total. The second kappa shape index (κ2) is 9.90. The van der Waals surface area contributed by atoms with E-state index in [0.29, 0.717) is 18.9 Å². The van der Waals surface area contributed by atoms with Gasteiger partial charge >= 0.3 is 18.0 Å². The van der Waals surface area contributed by atoms with Gasteiger partial charge in [0.25, 0.3) is 0 Å². The fourth-order valence-corrected chi connectivity index (χ4v) is 3.73. The summed E-state index contributed by atoms with van der Waals surface area (Å²) < 4.78 is 56.4. The lowest BCUT2D eigenvalue weighted by molar-refractivity contribution is -0.389. The van der Waals surface area contributed by atoms with Crippen LogP contribution in [0.5, 0.6) is 17.5 Å². The first kappa shape index (κ1) is 24.3. The molecule has 1 aliphatic rings. The van der Waals surface area contributed by atoms with Crippen molar-refractivity contribution in [1.29, 1.82) is 0 Å². The molecule has 1 aliphatic heterocycles. The topological polar surface area (TPSA) is 102 Å². The summed E-state index contributed by atoms with van der Waals surface area (Å²) in [5.74, 6) is 0.412. The van der Waals surface area contributed by atoms with Crippen molar-refractivity contribution in [2.75, 3.05) is 6.61 Å². The number of imidazole rings is 1. The standard InChI is InChI=1S/C25H19F3N4O5/c26-25(27,28)22-10-9-20(11-29-22)37-19-7-5-18(6-8-19)17-3-1-16(2-4-17)14-35-21-12-31-13-23(32(33)34)30-24(31)36-15-21/h1-11,13,21H,12,14-15H2/t21-/m0/s1. The van der Waals surface area contributed by atoms with Crippen molar-refractivity contribution in [3.8, 4) is 28.6 Å². The third kappa shape index (κ3) is 5.70. The van der Waals surface area contributed by atoms with E-state index >= 15 is 0 Å². The van der Waals surface area contributed by atoms with Crippen LogP contribution in [0, 0.1) is 10.1 Å². The lowest BCUT2D eigenvalue weighted by Gasteiger charge is -2.22. The van der Waals surface area contributed by atoms with Crippen LogP contribution in [0.15, 0.2) is 73.1 Å². The SMILES string of the molecule is O=[N+]([O-])c1cn2c(n1)OC[C@@H](OCc1ccc(-c3ccc(Oc4ccc(C(F)(F)F)nc4)cc3)cc1)C2. The monoisotopic (exact) mass is 512 g/mol. The van der Waals surface area contributed by atoms with E-state index in [-0.39, 0.29) is 30.3 Å². The van der Waals surface area contributed by atoms with Crippen LogP contribution in [0.3, 0.4) is 0 Å². The number of nitro groups is 1. The zero-order valence-electron chi connectivity index (χ0n) is 19.1. The summed E-state index contributed by atoms with van der Waals surface area (Å²) in [6.07, 6.45) is -2.40. The maximum absolute atomic E-state index is 12.6. The van der Waals surface area contributed by atoms with Gasteiger partial charge in [0.1, 0.15) is 36.1 Å². The van der Waals surface area contributed by atoms with Gasteiger partial charge in [-0.25, -0.2) is 4.98 Å². The average molecular weight is 512 g/mol. The summed E-state index contributed by atoms with van der Waals surface area (Å²) in [6, 6.07) is 17.2. The molecule has 0 radical (unpaired) electrons. The van der Waals surface area contributed by atoms with Crippen LogP contribution >= 0.6 is 0 Å². The molecule has 0 saturated carbocycles. The average Bonchev–Trinajstić information content (AvgIpc) is 3.32. The van der Waals surface area contributed by atoms with Gasteiger partial charge in [0.15, 0.2) is 0 Å². The first-order valence-corrected chi connectivity index (χ1v) is 11.1. The van der Waals surface area contributed by atoms with Crippen molar-refractivity contribution >= 4 is 5.82 Å². The Kier molecular flexibility index (Phi) is 6.49. The molecule has 3 heterocycles. The summed E-state index contributed by atoms with van der Waals surface area (Å²) in [5, 5.41) is 10.9. The number of aromatic nitrogens is 3. The van der Waals surface area contributed by atoms with Gasteiger partial charge in [0.05, 0.1) is 19.3 Å². The normalized spacial score (nSPS) is 15.1. The van der Waals surface area contributed by atoms with Crippen LogP contribution in [-0.4, -0.2) is 32.2 Å². The minimum atomic E-state index is -4.50. The Bertz CT molecular complexity index is 1390. The number of nitrogens with zero attached hydrogens (tertiary/aromatic N) is 4. The molecule has 0 unspecified atom stereocenters. The summed E-state index contributed by atoms with van der Waals surface area (Å²) in [7, 11) is 0. The number of benzene rings is 2. The molecule has 2 aromatic heterocycles. The molecule has 0 amide bonds. The molecule has 0 spiro atoms. The molecule has 4 aromatic rings. The van der Waals surface area contributed by atoms with Crippen LogP contribution in [0.1, 0.15) is 11.3 Å². The molecule has 190 valence electrons. The van der Waals surface area contributed by atoms with E-state index < -0.39 is 16.8 Å². The maximum Gasteiger partial charge on any atom is 0.433 e. The molecule has 0 aliphatic carbocycles. The Morgan fingerprint density at radius 3 is 2.32 bits per heavy atom. The Morgan fingerprint density at radius 2 is 1.70 bits per heavy atom. The highest BCUT2D eigenvalue weighted by Gasteiger charge is 2.32. The first-order chi connectivity index (χ1) is 17.7. The number of hydrogen-bond acceptors (Lipinski definition) is 7. The smallest absolute Gasteiger partial charge is 0.433 e. The number of pyridine rings is 1. The molecular formula is C25H19F3N4O5. The van der Waals surface area contributed by atoms with Crippen molar-refractivity contribution in [3.05, 3.63) is 94.4 Å². The molecule has 0 saturated heterocycles. The molecule has 5 rings (SSSR count). The number of hydrogen-bond donors (Lipinski definition) is 0. The Hall–Kier alpha value is -4.45. The third-order valence-corrected chi connectivity index (χ3v) is 5.60. The predicted molar refractivity (Wildman–Crippen MR) is 124 cm³/mol. The van der Waals surface area contributed by atoms with Gasteiger partial charge in [-0.05, 0) is 45.9 Å². The fourth-order valence-electron chi connectivity index (χ4n) is 3.73. The second-order valence-corrected chi connectivity index (χ2v) is 8.24. The van der Waals surface area contributed by atoms with Crippen LogP contribution in [0.4, 0.5) is 19.0 Å². The molecule has 12 heteroatoms. The largest absolute Gasteiger partial charge is 0.456 e. The molecule has 2 aromatic carbocycles. The minimum Gasteiger partial charge on any atom is -0.456 e. The summed E-state index contributed by atoms with van der Waals surface area (Å²) in [5.41, 5.74) is 1.86. The van der Waals surface area contributed by atoms with Gasteiger partial charge in [-0.3, -0.25) is 4.57 Å². The summed E-state index contributed by atoms with van der Waals surface area (Å²) in [4.78, 5) is 17.5. The van der Waals surface area contributed by atoms with Gasteiger partial charge < -0.3 is 24.3 Å². The maximum atomic E-state index is 12.6. The Morgan fingerprint density at radius 1 is 1.03 bits per heavy atom. The number of ether oxygens (including phenoxy) is 3. The van der Waals surface area contributed by atoms with Gasteiger partial charge in [0, 0.05) is 4.98 Å². The van der Waals surface area contributed by atoms with E-state index in [9.17, 15) is 23.3 Å². The lowest BCUT2D eigenvalue weighted by atomic mass is 10.0. The van der Waals surface area contributed by atoms with Crippen LogP contribution in [-0.2, 0) is 24.1 Å². The van der Waals surface area contributed by atoms with Gasteiger partial charge in [-0.2, -0.15) is 13.2 Å². The lowest BCUT2D eigenvalue weighted by Crippen LogP contribution is -2.32. The van der Waals surface area contributed by atoms with Crippen molar-refractivity contribution in [2.24, 2.45) is 0 Å². The zero-order chi connectivity index (χ0) is 26.0. The third-order valence-electron chi connectivity index (χ3n) is 5.60. The van der Waals surface area contributed by atoms with Crippen molar-refractivity contribution in [3.63, 3.8) is 0 Å². The highest BCUT2D eigenvalue weighted by molar-refractivity contribution is 5.64. The van der Waals surface area contributed by atoms with E-state index in [1.165, 1.54) is 12.3 Å². The van der Waals surface area contributed by atoms with E-state index in [4.69, 9.17) is 14.2 Å². The molecule has 0 fully saturated rings. The molecule has 9 nitrogen and oxygen atoms in total. The molecule has 1 atom stereocenters. The van der Waals surface area contributed by atoms with E-state index in [2.05, 4.69) is 9.97 Å². The molecule has 0 bridgehead atoms. The second-order valence-electron chi connectivity index (χ2n) is 8.24. The number of halogens is 3. The quantitative estimate of drug-likeness (QED) is 0.233. The van der Waals surface area contributed by atoms with Gasteiger partial charge in [0.2, 0.25) is 0 Å². The van der Waals surface area contributed by atoms with E-state index in [1.54, 1.807) is 16.7 Å². The molecular weight excluding hydrogens is 493 g/mol. The van der Waals surface area contributed by atoms with Gasteiger partial charge in [-0.15, -0.1) is 0 Å². The van der Waals surface area contributed by atoms with Crippen LogP contribution < -0.4 is 9.47 Å². The van der Waals surface area contributed by atoms with Crippen molar-refractivity contribution < 1.29 is 32.3 Å². The van der Waals surface area contributed by atoms with Crippen molar-refractivity contribution in [2.45, 2.75) is 25.4 Å². The van der Waals surface area contributed by atoms with E-state index in [1.807, 2.05) is 36.4 Å². The van der Waals surface area contributed by atoms with Crippen molar-refractivity contribution in [1.82, 2.24) is 14.5 Å². The number of alkyl halides is 3. The number of fused-ring (bicyclic) bond motifs is 1.